The molecular weight excluding hydrogens is 851 g/mol. The number of rotatable bonds is 3. The number of hydrogen-bond acceptors (Lipinski definition) is 17. The van der Waals surface area contributed by atoms with Crippen LogP contribution >= 0.6 is 0 Å². The fraction of sp³-hybridized carbons (Fsp3) is 0.660. The quantitative estimate of drug-likeness (QED) is 0.174. The van der Waals surface area contributed by atoms with E-state index in [0.29, 0.717) is 0 Å². The van der Waals surface area contributed by atoms with E-state index in [1.807, 2.05) is 19.1 Å². The molecule has 2 bridgehead atoms. The highest BCUT2D eigenvalue weighted by Gasteiger charge is 2.51. The van der Waals surface area contributed by atoms with E-state index in [9.17, 15) is 65.8 Å². The van der Waals surface area contributed by atoms with Gasteiger partial charge >= 0.3 is 11.9 Å². The lowest BCUT2D eigenvalue weighted by Crippen LogP contribution is -2.61. The number of allylic oxidation sites excluding steroid dienone is 12. The van der Waals surface area contributed by atoms with E-state index in [-0.39, 0.29) is 31.6 Å². The van der Waals surface area contributed by atoms with Crippen LogP contribution in [0.4, 0.5) is 0 Å². The first-order valence-corrected chi connectivity index (χ1v) is 22.3. The first-order valence-electron chi connectivity index (χ1n) is 22.3. The molecule has 0 aromatic rings. The summed E-state index contributed by atoms with van der Waals surface area (Å²) in [5.74, 6) is -6.83. The Bertz CT molecular complexity index is 1670. The molecule has 3 rings (SSSR count). The number of aliphatic hydroxyl groups excluding tert-OH is 9. The van der Waals surface area contributed by atoms with E-state index in [4.69, 9.17) is 24.7 Å². The highest BCUT2D eigenvalue weighted by Crippen LogP contribution is 2.38. The fourth-order valence-corrected chi connectivity index (χ4v) is 7.97. The molecule has 0 radical (unpaired) electrons. The van der Waals surface area contributed by atoms with Gasteiger partial charge in [0.1, 0.15) is 18.1 Å². The van der Waals surface area contributed by atoms with Gasteiger partial charge in [0, 0.05) is 37.5 Å². The summed E-state index contributed by atoms with van der Waals surface area (Å²) in [7, 11) is 0. The normalized spacial score (nSPS) is 45.5. The molecule has 2 fully saturated rings. The molecule has 18 nitrogen and oxygen atoms in total. The SMILES string of the molecule is CC1/C=C/C=C\C=C\C=C\C=C\C=C\C=C\C(O[C@H]2O[C@H](C)[C@@H](O)[C@@H](N)[C@@H]2O)CC2OC(O)(CC(O)CC(O)C(O)CCC(O)CC(O)CC(=O)OC(C)C(C)C1O)CC(O)C2C(=O)O. The number of esters is 1. The molecule has 368 valence electrons. The topological polar surface area (TPSA) is 320 Å². The van der Waals surface area contributed by atoms with E-state index >= 15 is 0 Å². The predicted molar refractivity (Wildman–Crippen MR) is 237 cm³/mol. The van der Waals surface area contributed by atoms with Gasteiger partial charge in [0.15, 0.2) is 12.1 Å². The van der Waals surface area contributed by atoms with Crippen LogP contribution in [0.2, 0.25) is 0 Å². The number of carboxylic acid groups (broad SMARTS) is 1. The van der Waals surface area contributed by atoms with Gasteiger partial charge in [0.05, 0.1) is 79.6 Å². The summed E-state index contributed by atoms with van der Waals surface area (Å²) in [6, 6.07) is -1.15. The molecule has 3 heterocycles. The number of aliphatic hydroxyl groups is 10. The van der Waals surface area contributed by atoms with Crippen molar-refractivity contribution < 1.29 is 84.7 Å². The van der Waals surface area contributed by atoms with Crippen LogP contribution in [0, 0.1) is 17.8 Å². The standard InChI is InChI=1S/C47H73NO17/c1-27-17-15-13-11-9-7-5-6-8-10-12-14-16-18-34(64-46-44(58)41(48)43(57)30(4)63-46)24-38-40(45(59)60)37(54)26-47(61,65-38)25-33(51)22-36(53)35(52)20-19-31(49)21-32(50)23-39(55)62-29(3)28(2)42(27)56/h5-18,27-38,40-44,46,49-54,56-58,61H,19-26,48H2,1-4H3,(H,59,60)/b6-5+,9-7+,10-8+,13-11-,14-12+,17-15+,18-16+/t27?,28?,29?,30-,31?,32?,33?,34?,35?,36?,37?,38?,40?,41-,42?,43-,44+,46-,47?/m1/s1. The summed E-state index contributed by atoms with van der Waals surface area (Å²) in [5, 5.41) is 118. The van der Waals surface area contributed by atoms with E-state index in [1.165, 1.54) is 13.0 Å². The maximum Gasteiger partial charge on any atom is 0.311 e. The van der Waals surface area contributed by atoms with Crippen LogP contribution in [0.1, 0.15) is 79.1 Å². The van der Waals surface area contributed by atoms with Gasteiger partial charge in [-0.2, -0.15) is 0 Å². The first-order chi connectivity index (χ1) is 30.6. The number of carbonyl (C=O) groups is 2. The Morgan fingerprint density at radius 1 is 0.662 bits per heavy atom. The Labute approximate surface area is 381 Å². The van der Waals surface area contributed by atoms with Gasteiger partial charge in [-0.05, 0) is 33.1 Å². The van der Waals surface area contributed by atoms with Crippen LogP contribution in [0.5, 0.6) is 0 Å². The van der Waals surface area contributed by atoms with Crippen molar-refractivity contribution in [1.82, 2.24) is 0 Å². The minimum Gasteiger partial charge on any atom is -0.481 e. The summed E-state index contributed by atoms with van der Waals surface area (Å²) in [6.07, 6.45) is 3.46. The second kappa shape index (κ2) is 27.4. The third kappa shape index (κ3) is 18.6. The molecule has 0 spiro atoms. The van der Waals surface area contributed by atoms with E-state index in [2.05, 4.69) is 0 Å². The number of aliphatic carboxylic acids is 1. The first kappa shape index (κ1) is 55.9. The second-order valence-corrected chi connectivity index (χ2v) is 17.6. The average Bonchev–Trinajstić information content (AvgIpc) is 3.21. The second-order valence-electron chi connectivity index (χ2n) is 17.6. The lowest BCUT2D eigenvalue weighted by molar-refractivity contribution is -0.308. The zero-order valence-electron chi connectivity index (χ0n) is 37.6. The molecule has 0 aliphatic carbocycles. The van der Waals surface area contributed by atoms with Crippen molar-refractivity contribution in [3.8, 4) is 0 Å². The van der Waals surface area contributed by atoms with Gasteiger partial charge in [0.2, 0.25) is 0 Å². The molecule has 13 N–H and O–H groups in total. The van der Waals surface area contributed by atoms with E-state index in [0.717, 1.165) is 0 Å². The molecule has 0 aromatic heterocycles. The Hall–Kier alpha value is -3.44. The lowest BCUT2D eigenvalue weighted by Gasteiger charge is -2.45. The molecule has 18 heteroatoms. The number of cyclic esters (lactones) is 1. The van der Waals surface area contributed by atoms with Gasteiger partial charge in [0.25, 0.3) is 0 Å². The number of fused-ring (bicyclic) bond motifs is 2. The number of ether oxygens (including phenoxy) is 4. The van der Waals surface area contributed by atoms with Crippen molar-refractivity contribution in [2.75, 3.05) is 0 Å². The fourth-order valence-electron chi connectivity index (χ4n) is 7.97. The smallest absolute Gasteiger partial charge is 0.311 e. The van der Waals surface area contributed by atoms with Crippen LogP contribution < -0.4 is 5.73 Å². The van der Waals surface area contributed by atoms with Gasteiger partial charge in [-0.15, -0.1) is 0 Å². The molecule has 14 unspecified atom stereocenters. The Balaban J connectivity index is 1.86. The minimum absolute atomic E-state index is 0.107. The molecular formula is C47H73NO17. The molecule has 0 amide bonds. The molecule has 19 atom stereocenters. The molecule has 3 aliphatic rings. The molecule has 65 heavy (non-hydrogen) atoms. The molecule has 2 saturated heterocycles. The van der Waals surface area contributed by atoms with Crippen LogP contribution in [-0.2, 0) is 28.5 Å². The summed E-state index contributed by atoms with van der Waals surface area (Å²) >= 11 is 0. The van der Waals surface area contributed by atoms with Gasteiger partial charge in [-0.25, -0.2) is 0 Å². The third-order valence-electron chi connectivity index (χ3n) is 12.0. The highest BCUT2D eigenvalue weighted by molar-refractivity contribution is 5.71. The van der Waals surface area contributed by atoms with Gasteiger partial charge in [-0.3, -0.25) is 9.59 Å². The zero-order chi connectivity index (χ0) is 48.4. The van der Waals surface area contributed by atoms with Crippen LogP contribution in [0.3, 0.4) is 0 Å². The maximum atomic E-state index is 12.6. The van der Waals surface area contributed by atoms with Crippen LogP contribution in [0.15, 0.2) is 85.1 Å². The summed E-state index contributed by atoms with van der Waals surface area (Å²) in [5.41, 5.74) is 6.02. The maximum absolute atomic E-state index is 12.6. The van der Waals surface area contributed by atoms with Crippen LogP contribution in [-0.4, -0.2) is 166 Å². The Kier molecular flexibility index (Phi) is 23.6. The van der Waals surface area contributed by atoms with Crippen molar-refractivity contribution >= 4 is 11.9 Å². The van der Waals surface area contributed by atoms with Crippen molar-refractivity contribution in [3.63, 3.8) is 0 Å². The van der Waals surface area contributed by atoms with E-state index < -0.39 is 147 Å². The Morgan fingerprint density at radius 2 is 1.23 bits per heavy atom. The highest BCUT2D eigenvalue weighted by atomic mass is 16.7. The van der Waals surface area contributed by atoms with Crippen LogP contribution in [0.25, 0.3) is 0 Å². The third-order valence-corrected chi connectivity index (χ3v) is 12.0. The number of nitrogens with two attached hydrogens (primary N) is 1. The average molecular weight is 924 g/mol. The monoisotopic (exact) mass is 923 g/mol. The molecule has 3 aliphatic heterocycles. The van der Waals surface area contributed by atoms with Crippen molar-refractivity contribution in [3.05, 3.63) is 85.1 Å². The number of carbonyl (C=O) groups excluding carboxylic acids is 1. The number of hydrogen-bond donors (Lipinski definition) is 12. The molecule has 0 saturated carbocycles. The largest absolute Gasteiger partial charge is 0.481 e. The number of carboxylic acids is 1. The predicted octanol–water partition coefficient (Wildman–Crippen LogP) is 0.712. The van der Waals surface area contributed by atoms with Crippen molar-refractivity contribution in [2.24, 2.45) is 23.5 Å². The lowest BCUT2D eigenvalue weighted by atomic mass is 9.82. The van der Waals surface area contributed by atoms with Gasteiger partial charge < -0.3 is 80.9 Å². The summed E-state index contributed by atoms with van der Waals surface area (Å²) < 4.78 is 23.1. The summed E-state index contributed by atoms with van der Waals surface area (Å²) in [6.45, 7) is 6.74. The zero-order valence-corrected chi connectivity index (χ0v) is 37.6. The molecule has 0 aromatic carbocycles. The Morgan fingerprint density at radius 3 is 1.82 bits per heavy atom. The van der Waals surface area contributed by atoms with E-state index in [1.54, 1.807) is 80.7 Å². The van der Waals surface area contributed by atoms with Crippen molar-refractivity contribution in [2.45, 2.75) is 177 Å². The van der Waals surface area contributed by atoms with Crippen molar-refractivity contribution in [1.29, 1.82) is 0 Å². The summed E-state index contributed by atoms with van der Waals surface area (Å²) in [4.78, 5) is 25.1. The minimum atomic E-state index is -2.33. The van der Waals surface area contributed by atoms with Gasteiger partial charge in [-0.1, -0.05) is 98.9 Å².